The van der Waals surface area contributed by atoms with E-state index >= 15 is 0 Å². The molecule has 0 aromatic heterocycles. The molecule has 0 N–H and O–H groups in total. The number of fused-ring (bicyclic) bond motifs is 2. The highest BCUT2D eigenvalue weighted by Gasteiger charge is 2.23. The summed E-state index contributed by atoms with van der Waals surface area (Å²) < 4.78 is 12.2. The lowest BCUT2D eigenvalue weighted by atomic mass is 9.82. The van der Waals surface area contributed by atoms with Gasteiger partial charge in [-0.15, -0.1) is 0 Å². The average Bonchev–Trinajstić information content (AvgIpc) is 3.01. The molecule has 0 saturated heterocycles. The maximum Gasteiger partial charge on any atom is 0.161 e. The summed E-state index contributed by atoms with van der Waals surface area (Å²) in [7, 11) is 0. The lowest BCUT2D eigenvalue weighted by Crippen LogP contribution is -2.31. The van der Waals surface area contributed by atoms with Gasteiger partial charge in [0.25, 0.3) is 0 Å². The van der Waals surface area contributed by atoms with Gasteiger partial charge in [0.15, 0.2) is 13.5 Å². The van der Waals surface area contributed by atoms with Crippen LogP contribution in [0.15, 0.2) is 103 Å². The quantitative estimate of drug-likeness (QED) is 0.286. The van der Waals surface area contributed by atoms with Gasteiger partial charge in [-0.1, -0.05) is 60.7 Å². The van der Waals surface area contributed by atoms with Gasteiger partial charge < -0.3 is 19.3 Å². The van der Waals surface area contributed by atoms with Crippen LogP contribution < -0.4 is 19.3 Å². The highest BCUT2D eigenvalue weighted by Crippen LogP contribution is 2.40. The van der Waals surface area contributed by atoms with Gasteiger partial charge in [-0.05, 0) is 84.3 Å². The van der Waals surface area contributed by atoms with Crippen LogP contribution in [-0.2, 0) is 13.1 Å². The first-order valence-electron chi connectivity index (χ1n) is 13.6. The third-order valence-corrected chi connectivity index (χ3v) is 8.12. The fraction of sp³-hybridized carbons (Fsp3) is 0.235. The predicted molar refractivity (Wildman–Crippen MR) is 154 cm³/mol. The molecule has 7 rings (SSSR count). The Morgan fingerprint density at radius 2 is 1.24 bits per heavy atom. The maximum atomic E-state index is 6.09. The highest BCUT2D eigenvalue weighted by molar-refractivity contribution is 5.69. The number of ether oxygens (including phenoxy) is 2. The van der Waals surface area contributed by atoms with Crippen molar-refractivity contribution < 1.29 is 9.47 Å². The van der Waals surface area contributed by atoms with Crippen LogP contribution >= 0.6 is 0 Å². The second-order valence-electron chi connectivity index (χ2n) is 10.5. The Kier molecular flexibility index (Phi) is 6.01. The Morgan fingerprint density at radius 1 is 0.632 bits per heavy atom. The fourth-order valence-electron chi connectivity index (χ4n) is 5.97. The zero-order valence-corrected chi connectivity index (χ0v) is 21.6. The summed E-state index contributed by atoms with van der Waals surface area (Å²) in [5.41, 5.74) is 9.16. The minimum atomic E-state index is 0.547. The van der Waals surface area contributed by atoms with E-state index in [-0.39, 0.29) is 0 Å². The predicted octanol–water partition coefficient (Wildman–Crippen LogP) is 7.75. The van der Waals surface area contributed by atoms with Crippen LogP contribution in [0.5, 0.6) is 11.5 Å². The van der Waals surface area contributed by atoms with Crippen molar-refractivity contribution in [1.82, 2.24) is 0 Å². The van der Waals surface area contributed by atoms with Crippen LogP contribution in [0, 0.1) is 0 Å². The fourth-order valence-corrected chi connectivity index (χ4v) is 5.97. The monoisotopic (exact) mass is 500 g/mol. The molecule has 1 atom stereocenters. The van der Waals surface area contributed by atoms with Gasteiger partial charge in [0.1, 0.15) is 11.5 Å². The zero-order chi connectivity index (χ0) is 25.3. The second kappa shape index (κ2) is 9.94. The summed E-state index contributed by atoms with van der Waals surface area (Å²) in [4.78, 5) is 4.58. The summed E-state index contributed by atoms with van der Waals surface area (Å²) >= 11 is 0. The molecule has 2 aliphatic heterocycles. The molecule has 1 aliphatic carbocycles. The number of para-hydroxylation sites is 2. The topological polar surface area (TPSA) is 24.9 Å². The molecule has 4 aromatic rings. The smallest absolute Gasteiger partial charge is 0.161 e. The van der Waals surface area contributed by atoms with Crippen molar-refractivity contribution in [2.24, 2.45) is 0 Å². The summed E-state index contributed by atoms with van der Waals surface area (Å²) in [6, 6.07) is 34.6. The molecule has 4 aromatic carbocycles. The molecule has 38 heavy (non-hydrogen) atoms. The van der Waals surface area contributed by atoms with Crippen LogP contribution in [0.4, 0.5) is 11.4 Å². The average molecular weight is 501 g/mol. The van der Waals surface area contributed by atoms with Crippen LogP contribution in [0.2, 0.25) is 0 Å². The van der Waals surface area contributed by atoms with Gasteiger partial charge >= 0.3 is 0 Å². The van der Waals surface area contributed by atoms with Gasteiger partial charge in [-0.3, -0.25) is 0 Å². The summed E-state index contributed by atoms with van der Waals surface area (Å²) in [6.45, 7) is 2.95. The molecule has 190 valence electrons. The number of nitrogens with zero attached hydrogens (tertiary/aromatic N) is 2. The Hall–Kier alpha value is -4.18. The lowest BCUT2D eigenvalue weighted by Gasteiger charge is -2.32. The number of anilines is 2. The van der Waals surface area contributed by atoms with E-state index in [1.807, 2.05) is 0 Å². The molecule has 3 aliphatic rings. The first-order chi connectivity index (χ1) is 18.8. The van der Waals surface area contributed by atoms with E-state index in [0.717, 1.165) is 43.9 Å². The Balaban J connectivity index is 1.06. The van der Waals surface area contributed by atoms with E-state index in [1.165, 1.54) is 39.2 Å². The van der Waals surface area contributed by atoms with Crippen molar-refractivity contribution in [3.8, 4) is 11.5 Å². The minimum absolute atomic E-state index is 0.547. The number of benzene rings is 4. The van der Waals surface area contributed by atoms with Crippen molar-refractivity contribution >= 4 is 16.9 Å². The van der Waals surface area contributed by atoms with E-state index in [0.29, 0.717) is 19.4 Å². The summed E-state index contributed by atoms with van der Waals surface area (Å²) in [5.74, 6) is 2.58. The number of allylic oxidation sites excluding steroid dienone is 2. The van der Waals surface area contributed by atoms with Gasteiger partial charge in [-0.2, -0.15) is 0 Å². The van der Waals surface area contributed by atoms with E-state index < -0.39 is 0 Å². The molecular formula is C34H32N2O2. The Bertz CT molecular complexity index is 1460. The molecule has 0 spiro atoms. The van der Waals surface area contributed by atoms with Crippen LogP contribution in [0.3, 0.4) is 0 Å². The van der Waals surface area contributed by atoms with Gasteiger partial charge in [-0.25, -0.2) is 0 Å². The van der Waals surface area contributed by atoms with Crippen molar-refractivity contribution in [3.05, 3.63) is 125 Å². The van der Waals surface area contributed by atoms with Crippen molar-refractivity contribution in [2.45, 2.75) is 38.3 Å². The molecule has 2 heterocycles. The van der Waals surface area contributed by atoms with Crippen LogP contribution in [0.1, 0.15) is 47.4 Å². The normalized spacial score (nSPS) is 18.5. The lowest BCUT2D eigenvalue weighted by molar-refractivity contribution is 0.289. The maximum absolute atomic E-state index is 6.09. The molecule has 0 saturated carbocycles. The summed E-state index contributed by atoms with van der Waals surface area (Å²) in [6.07, 6.45) is 5.79. The van der Waals surface area contributed by atoms with E-state index in [1.54, 1.807) is 0 Å². The molecule has 0 amide bonds. The minimum Gasteiger partial charge on any atom is -0.473 e. The number of hydrogen-bond donors (Lipinski definition) is 0. The zero-order valence-electron chi connectivity index (χ0n) is 21.6. The first-order valence-corrected chi connectivity index (χ1v) is 13.6. The molecule has 0 fully saturated rings. The molecular weight excluding hydrogens is 468 g/mol. The van der Waals surface area contributed by atoms with E-state index in [2.05, 4.69) is 113 Å². The van der Waals surface area contributed by atoms with Crippen LogP contribution in [-0.4, -0.2) is 13.5 Å². The third kappa shape index (κ3) is 4.51. The molecule has 1 unspecified atom stereocenters. The van der Waals surface area contributed by atoms with Crippen molar-refractivity contribution in [1.29, 1.82) is 0 Å². The number of rotatable bonds is 4. The summed E-state index contributed by atoms with van der Waals surface area (Å²) in [5, 5.41) is 0. The third-order valence-electron chi connectivity index (χ3n) is 8.12. The molecule has 0 radical (unpaired) electrons. The Morgan fingerprint density at radius 3 is 1.84 bits per heavy atom. The van der Waals surface area contributed by atoms with Crippen molar-refractivity contribution in [3.63, 3.8) is 0 Å². The second-order valence-corrected chi connectivity index (χ2v) is 10.5. The highest BCUT2D eigenvalue weighted by atomic mass is 16.5. The first kappa shape index (κ1) is 23.0. The molecule has 0 bridgehead atoms. The number of hydrogen-bond acceptors (Lipinski definition) is 4. The van der Waals surface area contributed by atoms with E-state index in [9.17, 15) is 0 Å². The molecule has 4 heteroatoms. The van der Waals surface area contributed by atoms with Gasteiger partial charge in [0, 0.05) is 35.6 Å². The van der Waals surface area contributed by atoms with E-state index in [4.69, 9.17) is 9.47 Å². The van der Waals surface area contributed by atoms with Crippen molar-refractivity contribution in [2.75, 3.05) is 23.3 Å². The van der Waals surface area contributed by atoms with Gasteiger partial charge in [0.2, 0.25) is 0 Å². The largest absolute Gasteiger partial charge is 0.473 e. The molecule has 4 nitrogen and oxygen atoms in total. The van der Waals surface area contributed by atoms with Gasteiger partial charge in [0.05, 0.1) is 0 Å². The Labute approximate surface area is 224 Å². The van der Waals surface area contributed by atoms with Crippen LogP contribution in [0.25, 0.3) is 5.57 Å². The SMILES string of the molecule is C1=C(c2ccc3c(c2)CN(c2ccccc2)CO3)CCC(c2ccc3c(c2)CN(c2ccccc2)CO3)C1. The standard InChI is InChI=1S/C34H32N2O2/c1-3-7-31(8-4-1)35-21-29-19-27(15-17-33(29)37-23-35)25-11-13-26(14-12-25)28-16-18-34-30(20-28)22-36(24-38-34)32-9-5-2-6-10-32/h1-11,15-20,26H,12-14,21-24H2.